The number of hydrogen-bond donors (Lipinski definition) is 1. The van der Waals surface area contributed by atoms with Crippen molar-refractivity contribution >= 4 is 34.3 Å². The number of hydrogen-bond acceptors (Lipinski definition) is 4. The molecular formula is C19H19N3O2S. The summed E-state index contributed by atoms with van der Waals surface area (Å²) in [5, 5.41) is 4.05. The number of rotatable bonds is 4. The Kier molecular flexibility index (Phi) is 4.90. The normalized spacial score (nSPS) is 10.8. The third-order valence-electron chi connectivity index (χ3n) is 4.02. The second-order valence-electron chi connectivity index (χ2n) is 5.88. The van der Waals surface area contributed by atoms with Crippen LogP contribution in [0.25, 0.3) is 10.9 Å². The molecule has 1 aromatic heterocycles. The number of thioether (sulfide) groups is 1. The number of para-hydroxylation sites is 2. The third-order valence-corrected chi connectivity index (χ3v) is 5.05. The molecule has 1 heterocycles. The molecule has 1 N–H and O–H groups in total. The highest BCUT2D eigenvalue weighted by Crippen LogP contribution is 2.21. The number of amides is 1. The Hall–Kier alpha value is -2.60. The monoisotopic (exact) mass is 353 g/mol. The Balaban J connectivity index is 1.78. The fourth-order valence-corrected chi connectivity index (χ4v) is 3.42. The SMILES string of the molecule is Cc1cccc(C)c1NC(=O)CSc1nc2ccccc2c(=O)n1C. The average molecular weight is 353 g/mol. The molecule has 1 amide bonds. The van der Waals surface area contributed by atoms with E-state index in [2.05, 4.69) is 10.3 Å². The van der Waals surface area contributed by atoms with E-state index in [0.717, 1.165) is 16.8 Å². The van der Waals surface area contributed by atoms with Crippen LogP contribution in [0.2, 0.25) is 0 Å². The zero-order chi connectivity index (χ0) is 18.0. The first kappa shape index (κ1) is 17.2. The number of carbonyl (C=O) groups is 1. The Labute approximate surface area is 150 Å². The molecule has 3 rings (SSSR count). The molecule has 0 aliphatic heterocycles. The van der Waals surface area contributed by atoms with E-state index in [1.54, 1.807) is 19.2 Å². The second-order valence-corrected chi connectivity index (χ2v) is 6.82. The molecular weight excluding hydrogens is 334 g/mol. The van der Waals surface area contributed by atoms with Gasteiger partial charge < -0.3 is 5.32 Å². The van der Waals surface area contributed by atoms with Gasteiger partial charge in [0.2, 0.25) is 5.91 Å². The molecule has 0 spiro atoms. The average Bonchev–Trinajstić information content (AvgIpc) is 2.60. The summed E-state index contributed by atoms with van der Waals surface area (Å²) < 4.78 is 1.49. The zero-order valence-corrected chi connectivity index (χ0v) is 15.2. The lowest BCUT2D eigenvalue weighted by atomic mass is 10.1. The zero-order valence-electron chi connectivity index (χ0n) is 14.4. The summed E-state index contributed by atoms with van der Waals surface area (Å²) in [5.74, 6) is 0.0664. The maximum Gasteiger partial charge on any atom is 0.261 e. The summed E-state index contributed by atoms with van der Waals surface area (Å²) in [5.41, 5.74) is 3.42. The summed E-state index contributed by atoms with van der Waals surface area (Å²) >= 11 is 1.25. The highest BCUT2D eigenvalue weighted by atomic mass is 32.2. The van der Waals surface area contributed by atoms with Crippen LogP contribution in [0, 0.1) is 13.8 Å². The summed E-state index contributed by atoms with van der Waals surface area (Å²) in [7, 11) is 1.67. The molecule has 5 nitrogen and oxygen atoms in total. The Morgan fingerprint density at radius 2 is 1.80 bits per heavy atom. The van der Waals surface area contributed by atoms with Gasteiger partial charge in [0.1, 0.15) is 0 Å². The summed E-state index contributed by atoms with van der Waals surface area (Å²) in [6, 6.07) is 13.1. The molecule has 0 bridgehead atoms. The number of anilines is 1. The molecule has 3 aromatic rings. The minimum absolute atomic E-state index is 0.108. The highest BCUT2D eigenvalue weighted by Gasteiger charge is 2.12. The smallest absolute Gasteiger partial charge is 0.261 e. The van der Waals surface area contributed by atoms with Crippen molar-refractivity contribution in [3.05, 3.63) is 63.9 Å². The molecule has 6 heteroatoms. The minimum Gasteiger partial charge on any atom is -0.325 e. The van der Waals surface area contributed by atoms with Crippen LogP contribution >= 0.6 is 11.8 Å². The van der Waals surface area contributed by atoms with Crippen LogP contribution in [-0.4, -0.2) is 21.2 Å². The molecule has 25 heavy (non-hydrogen) atoms. The van der Waals surface area contributed by atoms with E-state index in [1.807, 2.05) is 44.2 Å². The molecule has 0 aliphatic carbocycles. The maximum atomic E-state index is 12.4. The van der Waals surface area contributed by atoms with Crippen molar-refractivity contribution in [2.75, 3.05) is 11.1 Å². The van der Waals surface area contributed by atoms with Gasteiger partial charge in [-0.15, -0.1) is 0 Å². The Morgan fingerprint density at radius 3 is 2.52 bits per heavy atom. The first-order valence-electron chi connectivity index (χ1n) is 7.92. The number of aromatic nitrogens is 2. The van der Waals surface area contributed by atoms with Gasteiger partial charge in [-0.1, -0.05) is 42.1 Å². The van der Waals surface area contributed by atoms with Crippen LogP contribution in [0.15, 0.2) is 52.4 Å². The molecule has 2 aromatic carbocycles. The van der Waals surface area contributed by atoms with Crippen molar-refractivity contribution in [1.29, 1.82) is 0 Å². The van der Waals surface area contributed by atoms with E-state index in [-0.39, 0.29) is 17.2 Å². The van der Waals surface area contributed by atoms with Crippen molar-refractivity contribution in [2.24, 2.45) is 7.05 Å². The van der Waals surface area contributed by atoms with Crippen LogP contribution in [0.1, 0.15) is 11.1 Å². The molecule has 0 saturated carbocycles. The minimum atomic E-state index is -0.121. The fraction of sp³-hybridized carbons (Fsp3) is 0.211. The predicted octanol–water partition coefficient (Wildman–Crippen LogP) is 3.28. The van der Waals surface area contributed by atoms with Crippen LogP contribution < -0.4 is 10.9 Å². The topological polar surface area (TPSA) is 64.0 Å². The lowest BCUT2D eigenvalue weighted by Crippen LogP contribution is -2.21. The van der Waals surface area contributed by atoms with Gasteiger partial charge in [0.25, 0.3) is 5.56 Å². The van der Waals surface area contributed by atoms with E-state index in [4.69, 9.17) is 0 Å². The largest absolute Gasteiger partial charge is 0.325 e. The van der Waals surface area contributed by atoms with Gasteiger partial charge in [0.15, 0.2) is 5.16 Å². The molecule has 0 fully saturated rings. The fourth-order valence-electron chi connectivity index (χ4n) is 2.64. The number of benzene rings is 2. The highest BCUT2D eigenvalue weighted by molar-refractivity contribution is 7.99. The number of nitrogens with one attached hydrogen (secondary N) is 1. The van der Waals surface area contributed by atoms with Crippen LogP contribution in [-0.2, 0) is 11.8 Å². The van der Waals surface area contributed by atoms with Crippen molar-refractivity contribution in [3.8, 4) is 0 Å². The predicted molar refractivity (Wildman–Crippen MR) is 102 cm³/mol. The summed E-state index contributed by atoms with van der Waals surface area (Å²) in [4.78, 5) is 29.2. The van der Waals surface area contributed by atoms with Gasteiger partial charge in [-0.3, -0.25) is 14.2 Å². The van der Waals surface area contributed by atoms with Gasteiger partial charge in [-0.25, -0.2) is 4.98 Å². The van der Waals surface area contributed by atoms with Gasteiger partial charge in [-0.05, 0) is 37.1 Å². The number of aryl methyl sites for hydroxylation is 2. The summed E-state index contributed by atoms with van der Waals surface area (Å²) in [6.45, 7) is 3.93. The van der Waals surface area contributed by atoms with Crippen molar-refractivity contribution < 1.29 is 4.79 Å². The third kappa shape index (κ3) is 3.58. The lowest BCUT2D eigenvalue weighted by Gasteiger charge is -2.12. The van der Waals surface area contributed by atoms with Crippen molar-refractivity contribution in [3.63, 3.8) is 0 Å². The van der Waals surface area contributed by atoms with E-state index in [9.17, 15) is 9.59 Å². The molecule has 0 aliphatic rings. The van der Waals surface area contributed by atoms with Crippen LogP contribution in [0.4, 0.5) is 5.69 Å². The molecule has 0 atom stereocenters. The van der Waals surface area contributed by atoms with Crippen molar-refractivity contribution in [2.45, 2.75) is 19.0 Å². The van der Waals surface area contributed by atoms with E-state index in [0.29, 0.717) is 16.1 Å². The number of nitrogens with zero attached hydrogens (tertiary/aromatic N) is 2. The second kappa shape index (κ2) is 7.11. The molecule has 0 radical (unpaired) electrons. The van der Waals surface area contributed by atoms with Crippen LogP contribution in [0.3, 0.4) is 0 Å². The first-order valence-corrected chi connectivity index (χ1v) is 8.90. The van der Waals surface area contributed by atoms with Crippen molar-refractivity contribution in [1.82, 2.24) is 9.55 Å². The number of fused-ring (bicyclic) bond motifs is 1. The first-order chi connectivity index (χ1) is 12.0. The summed E-state index contributed by atoms with van der Waals surface area (Å²) in [6.07, 6.45) is 0. The van der Waals surface area contributed by atoms with E-state index in [1.165, 1.54) is 16.3 Å². The Morgan fingerprint density at radius 1 is 1.12 bits per heavy atom. The van der Waals surface area contributed by atoms with Crippen LogP contribution in [0.5, 0.6) is 0 Å². The standard InChI is InChI=1S/C19H19N3O2S/c1-12-7-6-8-13(2)17(12)21-16(23)11-25-19-20-15-10-5-4-9-14(15)18(24)22(19)3/h4-10H,11H2,1-3H3,(H,21,23). The van der Waals surface area contributed by atoms with Gasteiger partial charge in [0, 0.05) is 12.7 Å². The Bertz CT molecular complexity index is 991. The van der Waals surface area contributed by atoms with E-state index < -0.39 is 0 Å². The molecule has 0 unspecified atom stereocenters. The van der Waals surface area contributed by atoms with Gasteiger partial charge >= 0.3 is 0 Å². The van der Waals surface area contributed by atoms with Gasteiger partial charge in [0.05, 0.1) is 16.7 Å². The molecule has 128 valence electrons. The lowest BCUT2D eigenvalue weighted by molar-refractivity contribution is -0.113. The molecule has 0 saturated heterocycles. The van der Waals surface area contributed by atoms with Gasteiger partial charge in [-0.2, -0.15) is 0 Å². The van der Waals surface area contributed by atoms with E-state index >= 15 is 0 Å². The number of carbonyl (C=O) groups excluding carboxylic acids is 1. The maximum absolute atomic E-state index is 12.4. The quantitative estimate of drug-likeness (QED) is 0.577.